The van der Waals surface area contributed by atoms with Crippen molar-refractivity contribution >= 4 is 29.2 Å². The fourth-order valence-electron chi connectivity index (χ4n) is 2.58. The van der Waals surface area contributed by atoms with E-state index in [4.69, 9.17) is 4.74 Å². The van der Waals surface area contributed by atoms with E-state index in [-0.39, 0.29) is 24.5 Å². The Morgan fingerprint density at radius 1 is 1.45 bits per heavy atom. The summed E-state index contributed by atoms with van der Waals surface area (Å²) in [5.41, 5.74) is 1.00. The Bertz CT molecular complexity index is 527. The summed E-state index contributed by atoms with van der Waals surface area (Å²) in [7, 11) is 0. The molecule has 2 saturated heterocycles. The van der Waals surface area contributed by atoms with Crippen LogP contribution in [0.3, 0.4) is 0 Å². The molecular formula is C13H14N2O4S. The van der Waals surface area contributed by atoms with Crippen LogP contribution in [0.1, 0.15) is 12.0 Å². The zero-order valence-electron chi connectivity index (χ0n) is 10.8. The van der Waals surface area contributed by atoms with Gasteiger partial charge in [-0.1, -0.05) is 0 Å². The molecule has 6 nitrogen and oxygen atoms in total. The summed E-state index contributed by atoms with van der Waals surface area (Å²) in [4.78, 5) is 38.1. The second kappa shape index (κ2) is 5.24. The number of nitrogens with zero attached hydrogens (tertiary/aromatic N) is 2. The number of hydrogen-bond donors (Lipinski definition) is 0. The molecule has 1 atom stereocenters. The molecule has 2 fully saturated rings. The molecule has 3 amide bonds. The van der Waals surface area contributed by atoms with E-state index in [0.717, 1.165) is 10.5 Å². The Balaban J connectivity index is 1.60. The van der Waals surface area contributed by atoms with E-state index in [1.54, 1.807) is 16.2 Å². The third-order valence-corrected chi connectivity index (χ3v) is 4.33. The molecule has 106 valence electrons. The first kappa shape index (κ1) is 13.1. The minimum atomic E-state index is -0.591. The van der Waals surface area contributed by atoms with E-state index in [2.05, 4.69) is 0 Å². The van der Waals surface area contributed by atoms with Gasteiger partial charge in [0.05, 0.1) is 12.5 Å². The molecule has 0 spiro atoms. The molecule has 20 heavy (non-hydrogen) atoms. The monoisotopic (exact) mass is 294 g/mol. The first-order chi connectivity index (χ1) is 9.65. The molecular weight excluding hydrogens is 280 g/mol. The summed E-state index contributed by atoms with van der Waals surface area (Å²) < 4.78 is 4.71. The highest BCUT2D eigenvalue weighted by Crippen LogP contribution is 2.21. The molecule has 2 aliphatic heterocycles. The minimum absolute atomic E-state index is 0.0333. The molecule has 0 aromatic carbocycles. The van der Waals surface area contributed by atoms with Crippen LogP contribution in [0.5, 0.6) is 0 Å². The number of hydrogen-bond acceptors (Lipinski definition) is 5. The number of cyclic esters (lactones) is 1. The van der Waals surface area contributed by atoms with E-state index < -0.39 is 6.09 Å². The van der Waals surface area contributed by atoms with Crippen LogP contribution in [0.4, 0.5) is 4.79 Å². The van der Waals surface area contributed by atoms with Crippen molar-refractivity contribution in [2.75, 3.05) is 19.7 Å². The maximum atomic E-state index is 12.1. The van der Waals surface area contributed by atoms with Crippen molar-refractivity contribution in [2.24, 2.45) is 0 Å². The van der Waals surface area contributed by atoms with E-state index in [1.807, 2.05) is 16.8 Å². The van der Waals surface area contributed by atoms with Crippen LogP contribution in [0.25, 0.3) is 0 Å². The topological polar surface area (TPSA) is 66.9 Å². The summed E-state index contributed by atoms with van der Waals surface area (Å²) in [5, 5.41) is 3.89. The van der Waals surface area contributed by atoms with Gasteiger partial charge in [0.1, 0.15) is 0 Å². The fourth-order valence-corrected chi connectivity index (χ4v) is 3.24. The normalized spacial score (nSPS) is 22.5. The van der Waals surface area contributed by atoms with Crippen LogP contribution >= 0.6 is 11.3 Å². The summed E-state index contributed by atoms with van der Waals surface area (Å²) >= 11 is 1.56. The molecule has 1 aromatic heterocycles. The smallest absolute Gasteiger partial charge is 0.417 e. The lowest BCUT2D eigenvalue weighted by Crippen LogP contribution is -2.42. The number of carbonyl (C=O) groups excluding carboxylic acids is 3. The van der Waals surface area contributed by atoms with Gasteiger partial charge < -0.3 is 9.64 Å². The highest BCUT2D eigenvalue weighted by molar-refractivity contribution is 7.07. The molecule has 0 radical (unpaired) electrons. The SMILES string of the molecule is O=C(Cc1ccsc1)N1CC[C@@H](N2C(=O)COC2=O)C1. The van der Waals surface area contributed by atoms with Crippen molar-refractivity contribution in [2.45, 2.75) is 18.9 Å². The minimum Gasteiger partial charge on any atom is -0.439 e. The number of imide groups is 1. The lowest BCUT2D eigenvalue weighted by atomic mass is 10.2. The Labute approximate surface area is 119 Å². The highest BCUT2D eigenvalue weighted by atomic mass is 32.1. The van der Waals surface area contributed by atoms with Gasteiger partial charge in [-0.05, 0) is 28.8 Å². The van der Waals surface area contributed by atoms with Crippen LogP contribution in [-0.2, 0) is 20.7 Å². The molecule has 0 aliphatic carbocycles. The molecule has 0 saturated carbocycles. The Morgan fingerprint density at radius 3 is 2.95 bits per heavy atom. The third-order valence-electron chi connectivity index (χ3n) is 3.60. The van der Waals surface area contributed by atoms with Crippen molar-refractivity contribution in [1.29, 1.82) is 0 Å². The van der Waals surface area contributed by atoms with Crippen molar-refractivity contribution < 1.29 is 19.1 Å². The number of carbonyl (C=O) groups is 3. The van der Waals surface area contributed by atoms with Gasteiger partial charge in [0.15, 0.2) is 6.61 Å². The number of ether oxygens (including phenoxy) is 1. The zero-order valence-corrected chi connectivity index (χ0v) is 11.6. The second-order valence-electron chi connectivity index (χ2n) is 4.91. The van der Waals surface area contributed by atoms with Gasteiger partial charge in [-0.25, -0.2) is 9.69 Å². The van der Waals surface area contributed by atoms with Gasteiger partial charge >= 0.3 is 6.09 Å². The summed E-state index contributed by atoms with van der Waals surface area (Å²) in [5.74, 6) is -0.280. The average molecular weight is 294 g/mol. The van der Waals surface area contributed by atoms with Crippen molar-refractivity contribution in [3.05, 3.63) is 22.4 Å². The molecule has 2 aliphatic rings. The molecule has 3 rings (SSSR count). The Hall–Kier alpha value is -1.89. The Morgan fingerprint density at radius 2 is 2.30 bits per heavy atom. The number of likely N-dealkylation sites (tertiary alicyclic amines) is 1. The quantitative estimate of drug-likeness (QED) is 0.829. The molecule has 7 heteroatoms. The molecule has 0 bridgehead atoms. The van der Waals surface area contributed by atoms with E-state index in [9.17, 15) is 14.4 Å². The van der Waals surface area contributed by atoms with Gasteiger partial charge in [0.25, 0.3) is 5.91 Å². The molecule has 0 unspecified atom stereocenters. The first-order valence-corrected chi connectivity index (χ1v) is 7.37. The van der Waals surface area contributed by atoms with E-state index >= 15 is 0 Å². The van der Waals surface area contributed by atoms with Crippen LogP contribution < -0.4 is 0 Å². The Kier molecular flexibility index (Phi) is 3.43. The second-order valence-corrected chi connectivity index (χ2v) is 5.69. The number of rotatable bonds is 3. The van der Waals surface area contributed by atoms with E-state index in [0.29, 0.717) is 25.9 Å². The van der Waals surface area contributed by atoms with Gasteiger partial charge in [-0.2, -0.15) is 11.3 Å². The van der Waals surface area contributed by atoms with Gasteiger partial charge in [0, 0.05) is 13.1 Å². The fraction of sp³-hybridized carbons (Fsp3) is 0.462. The average Bonchev–Trinajstić information content (AvgIpc) is 3.11. The third kappa shape index (κ3) is 2.40. The largest absolute Gasteiger partial charge is 0.439 e. The van der Waals surface area contributed by atoms with Crippen molar-refractivity contribution in [1.82, 2.24) is 9.80 Å². The summed E-state index contributed by atoms with van der Waals surface area (Å²) in [6.07, 6.45) is 0.400. The van der Waals surface area contributed by atoms with Gasteiger partial charge in [-0.15, -0.1) is 0 Å². The summed E-state index contributed by atoms with van der Waals surface area (Å²) in [6, 6.07) is 1.68. The summed E-state index contributed by atoms with van der Waals surface area (Å²) in [6.45, 7) is 0.798. The maximum Gasteiger partial charge on any atom is 0.417 e. The van der Waals surface area contributed by atoms with E-state index in [1.165, 1.54) is 0 Å². The van der Waals surface area contributed by atoms with Crippen molar-refractivity contribution in [3.8, 4) is 0 Å². The van der Waals surface area contributed by atoms with Crippen LogP contribution in [-0.4, -0.2) is 53.4 Å². The lowest BCUT2D eigenvalue weighted by molar-refractivity contribution is -0.131. The first-order valence-electron chi connectivity index (χ1n) is 6.43. The van der Waals surface area contributed by atoms with Gasteiger partial charge in [-0.3, -0.25) is 9.59 Å². The van der Waals surface area contributed by atoms with Crippen molar-refractivity contribution in [3.63, 3.8) is 0 Å². The number of thiophene rings is 1. The molecule has 3 heterocycles. The number of amides is 3. The predicted octanol–water partition coefficient (Wildman–Crippen LogP) is 0.870. The molecule has 0 N–H and O–H groups in total. The molecule has 1 aromatic rings. The van der Waals surface area contributed by atoms with Crippen LogP contribution in [0.15, 0.2) is 16.8 Å². The lowest BCUT2D eigenvalue weighted by Gasteiger charge is -2.20. The standard InChI is InChI=1S/C13H14N2O4S/c16-11(5-9-2-4-20-8-9)14-3-1-10(6-14)15-12(17)7-19-13(15)18/h2,4,8,10H,1,3,5-7H2/t10-/m1/s1. The maximum absolute atomic E-state index is 12.1. The highest BCUT2D eigenvalue weighted by Gasteiger charge is 2.41. The van der Waals surface area contributed by atoms with Crippen LogP contribution in [0, 0.1) is 0 Å². The zero-order chi connectivity index (χ0) is 14.1. The van der Waals surface area contributed by atoms with Gasteiger partial charge in [0.2, 0.25) is 5.91 Å². The predicted molar refractivity (Wildman–Crippen MR) is 71.2 cm³/mol. The van der Waals surface area contributed by atoms with Crippen LogP contribution in [0.2, 0.25) is 0 Å².